The molecule has 0 amide bonds. The molecule has 0 aliphatic heterocycles. The molecule has 0 aliphatic rings. The zero-order chi connectivity index (χ0) is 12.8. The Morgan fingerprint density at radius 2 is 2.00 bits per heavy atom. The number of aromatic nitrogens is 2. The average Bonchev–Trinajstić information content (AvgIpc) is 2.41. The van der Waals surface area contributed by atoms with E-state index in [1.165, 1.54) is 0 Å². The molecule has 0 atom stereocenters. The van der Waals surface area contributed by atoms with Gasteiger partial charge >= 0.3 is 0 Å². The lowest BCUT2D eigenvalue weighted by molar-refractivity contribution is 0.340. The quantitative estimate of drug-likeness (QED) is 0.877. The minimum absolute atomic E-state index is 0.661. The zero-order valence-electron chi connectivity index (χ0n) is 10.7. The summed E-state index contributed by atoms with van der Waals surface area (Å²) in [5.74, 6) is 1.65. The summed E-state index contributed by atoms with van der Waals surface area (Å²) in [6.45, 7) is 5.50. The van der Waals surface area contributed by atoms with Crippen molar-refractivity contribution in [2.24, 2.45) is 0 Å². The largest absolute Gasteiger partial charge is 0.494 e. The van der Waals surface area contributed by atoms with Gasteiger partial charge in [-0.05, 0) is 38.1 Å². The first-order chi connectivity index (χ1) is 8.83. The summed E-state index contributed by atoms with van der Waals surface area (Å²) in [5.41, 5.74) is 1.86. The number of nitrogens with one attached hydrogen (secondary N) is 1. The fourth-order valence-corrected chi connectivity index (χ4v) is 1.67. The Labute approximate surface area is 107 Å². The number of nitrogens with zero attached hydrogens (tertiary/aromatic N) is 2. The molecule has 0 bridgehead atoms. The van der Waals surface area contributed by atoms with Crippen LogP contribution in [0.3, 0.4) is 0 Å². The van der Waals surface area contributed by atoms with E-state index in [2.05, 4.69) is 15.5 Å². The number of hydrogen-bond acceptors (Lipinski definition) is 4. The maximum atomic E-state index is 5.47. The van der Waals surface area contributed by atoms with Crippen molar-refractivity contribution in [1.29, 1.82) is 0 Å². The van der Waals surface area contributed by atoms with Gasteiger partial charge in [-0.3, -0.25) is 0 Å². The molecule has 1 aromatic heterocycles. The normalized spacial score (nSPS) is 10.1. The molecule has 4 nitrogen and oxygen atoms in total. The molecule has 0 radical (unpaired) electrons. The Morgan fingerprint density at radius 1 is 1.11 bits per heavy atom. The molecular weight excluding hydrogens is 226 g/mol. The van der Waals surface area contributed by atoms with E-state index in [0.29, 0.717) is 6.61 Å². The van der Waals surface area contributed by atoms with Gasteiger partial charge in [0.05, 0.1) is 12.3 Å². The van der Waals surface area contributed by atoms with Crippen LogP contribution in [-0.2, 0) is 0 Å². The van der Waals surface area contributed by atoms with Crippen molar-refractivity contribution >= 4 is 5.82 Å². The van der Waals surface area contributed by atoms with Gasteiger partial charge in [-0.2, -0.15) is 0 Å². The first-order valence-corrected chi connectivity index (χ1v) is 6.14. The van der Waals surface area contributed by atoms with E-state index in [1.54, 1.807) is 0 Å². The Balaban J connectivity index is 2.22. The summed E-state index contributed by atoms with van der Waals surface area (Å²) in [6.07, 6.45) is 0. The Morgan fingerprint density at radius 3 is 2.67 bits per heavy atom. The van der Waals surface area contributed by atoms with Crippen LogP contribution in [0.4, 0.5) is 5.82 Å². The van der Waals surface area contributed by atoms with Crippen molar-refractivity contribution in [2.75, 3.05) is 18.5 Å². The summed E-state index contributed by atoms with van der Waals surface area (Å²) >= 11 is 0. The smallest absolute Gasteiger partial charge is 0.148 e. The van der Waals surface area contributed by atoms with Gasteiger partial charge in [-0.1, -0.05) is 12.1 Å². The Kier molecular flexibility index (Phi) is 4.12. The van der Waals surface area contributed by atoms with Crippen LogP contribution in [0.5, 0.6) is 5.75 Å². The first-order valence-electron chi connectivity index (χ1n) is 6.14. The summed E-state index contributed by atoms with van der Waals surface area (Å²) < 4.78 is 5.47. The van der Waals surface area contributed by atoms with Gasteiger partial charge in [0.25, 0.3) is 0 Å². The second kappa shape index (κ2) is 6.00. The van der Waals surface area contributed by atoms with Crippen molar-refractivity contribution in [2.45, 2.75) is 13.8 Å². The van der Waals surface area contributed by atoms with E-state index in [-0.39, 0.29) is 0 Å². The molecule has 2 aromatic rings. The molecule has 1 aromatic carbocycles. The van der Waals surface area contributed by atoms with Crippen molar-refractivity contribution in [3.63, 3.8) is 0 Å². The molecule has 1 N–H and O–H groups in total. The molecule has 0 saturated carbocycles. The van der Waals surface area contributed by atoms with Crippen LogP contribution < -0.4 is 10.1 Å². The van der Waals surface area contributed by atoms with Gasteiger partial charge in [-0.15, -0.1) is 10.2 Å². The highest BCUT2D eigenvalue weighted by Crippen LogP contribution is 2.22. The van der Waals surface area contributed by atoms with E-state index >= 15 is 0 Å². The number of rotatable bonds is 5. The number of benzene rings is 1. The standard InChI is InChI=1S/C14H17N3O/c1-3-15-14-9-8-13(16-17-14)11-6-5-7-12(10-11)18-4-2/h5-10H,3-4H2,1-2H3,(H,15,17). The number of anilines is 1. The molecule has 0 fully saturated rings. The minimum atomic E-state index is 0.661. The fourth-order valence-electron chi connectivity index (χ4n) is 1.67. The van der Waals surface area contributed by atoms with Crippen LogP contribution in [0, 0.1) is 0 Å². The number of hydrogen-bond donors (Lipinski definition) is 1. The van der Waals surface area contributed by atoms with Crippen LogP contribution in [0.15, 0.2) is 36.4 Å². The molecule has 2 rings (SSSR count). The van der Waals surface area contributed by atoms with Crippen LogP contribution in [0.25, 0.3) is 11.3 Å². The minimum Gasteiger partial charge on any atom is -0.494 e. The predicted molar refractivity (Wildman–Crippen MR) is 72.8 cm³/mol. The monoisotopic (exact) mass is 243 g/mol. The highest BCUT2D eigenvalue weighted by Gasteiger charge is 2.02. The topological polar surface area (TPSA) is 47.0 Å². The van der Waals surface area contributed by atoms with Gasteiger partial charge in [0.1, 0.15) is 11.6 Å². The van der Waals surface area contributed by atoms with E-state index in [0.717, 1.165) is 29.4 Å². The van der Waals surface area contributed by atoms with Crippen molar-refractivity contribution in [3.05, 3.63) is 36.4 Å². The summed E-state index contributed by atoms with van der Waals surface area (Å²) in [4.78, 5) is 0. The lowest BCUT2D eigenvalue weighted by atomic mass is 10.1. The van der Waals surface area contributed by atoms with Crippen LogP contribution in [-0.4, -0.2) is 23.3 Å². The van der Waals surface area contributed by atoms with Crippen LogP contribution in [0.1, 0.15) is 13.8 Å². The van der Waals surface area contributed by atoms with Crippen molar-refractivity contribution in [3.8, 4) is 17.0 Å². The fraction of sp³-hybridized carbons (Fsp3) is 0.286. The average molecular weight is 243 g/mol. The van der Waals surface area contributed by atoms with Gasteiger partial charge < -0.3 is 10.1 Å². The summed E-state index contributed by atoms with van der Waals surface area (Å²) in [6, 6.07) is 11.8. The summed E-state index contributed by atoms with van der Waals surface area (Å²) in [7, 11) is 0. The van der Waals surface area contributed by atoms with Crippen LogP contribution >= 0.6 is 0 Å². The first kappa shape index (κ1) is 12.4. The zero-order valence-corrected chi connectivity index (χ0v) is 10.7. The Bertz CT molecular complexity index is 497. The molecule has 18 heavy (non-hydrogen) atoms. The third-order valence-electron chi connectivity index (χ3n) is 2.46. The van der Waals surface area contributed by atoms with E-state index in [4.69, 9.17) is 4.74 Å². The van der Waals surface area contributed by atoms with Crippen molar-refractivity contribution < 1.29 is 4.74 Å². The molecule has 0 spiro atoms. The Hall–Kier alpha value is -2.10. The molecular formula is C14H17N3O. The maximum Gasteiger partial charge on any atom is 0.148 e. The molecule has 0 aliphatic carbocycles. The highest BCUT2D eigenvalue weighted by atomic mass is 16.5. The molecule has 4 heteroatoms. The summed E-state index contributed by atoms with van der Waals surface area (Å²) in [5, 5.41) is 11.4. The second-order valence-corrected chi connectivity index (χ2v) is 3.79. The predicted octanol–water partition coefficient (Wildman–Crippen LogP) is 2.97. The highest BCUT2D eigenvalue weighted by molar-refractivity contribution is 5.61. The lowest BCUT2D eigenvalue weighted by Crippen LogP contribution is -2.00. The second-order valence-electron chi connectivity index (χ2n) is 3.79. The SMILES string of the molecule is CCNc1ccc(-c2cccc(OCC)c2)nn1. The molecule has 0 unspecified atom stereocenters. The van der Waals surface area contributed by atoms with Crippen molar-refractivity contribution in [1.82, 2.24) is 10.2 Å². The lowest BCUT2D eigenvalue weighted by Gasteiger charge is -2.06. The van der Waals surface area contributed by atoms with E-state index < -0.39 is 0 Å². The maximum absolute atomic E-state index is 5.47. The third kappa shape index (κ3) is 2.97. The third-order valence-corrected chi connectivity index (χ3v) is 2.46. The molecule has 1 heterocycles. The van der Waals surface area contributed by atoms with Gasteiger partial charge in [0.15, 0.2) is 0 Å². The molecule has 94 valence electrons. The number of ether oxygens (including phenoxy) is 1. The van der Waals surface area contributed by atoms with Gasteiger partial charge in [0, 0.05) is 12.1 Å². The van der Waals surface area contributed by atoms with Crippen LogP contribution in [0.2, 0.25) is 0 Å². The van der Waals surface area contributed by atoms with Gasteiger partial charge in [-0.25, -0.2) is 0 Å². The van der Waals surface area contributed by atoms with E-state index in [9.17, 15) is 0 Å². The van der Waals surface area contributed by atoms with Gasteiger partial charge in [0.2, 0.25) is 0 Å². The van der Waals surface area contributed by atoms with E-state index in [1.807, 2.05) is 50.2 Å². The molecule has 0 saturated heterocycles.